The van der Waals surface area contributed by atoms with Gasteiger partial charge in [-0.2, -0.15) is 4.72 Å². The van der Waals surface area contributed by atoms with Gasteiger partial charge in [0.05, 0.1) is 9.21 Å². The van der Waals surface area contributed by atoms with Crippen molar-refractivity contribution < 1.29 is 27.1 Å². The molecule has 1 heterocycles. The summed E-state index contributed by atoms with van der Waals surface area (Å²) in [7, 11) is -4.20. The van der Waals surface area contributed by atoms with Crippen LogP contribution in [0.15, 0.2) is 41.3 Å². The minimum Gasteiger partial charge on any atom is -0.456 e. The van der Waals surface area contributed by atoms with Crippen LogP contribution in [0.4, 0.5) is 4.39 Å². The fraction of sp³-hybridized carbons (Fsp3) is 0.143. The van der Waals surface area contributed by atoms with Crippen LogP contribution in [-0.2, 0) is 19.6 Å². The third kappa shape index (κ3) is 4.84. The Morgan fingerprint density at radius 3 is 2.54 bits per heavy atom. The molecule has 1 N–H and O–H groups in total. The summed E-state index contributed by atoms with van der Waals surface area (Å²) in [6, 6.07) is 7.75. The number of hydrogen-bond donors (Lipinski definition) is 1. The van der Waals surface area contributed by atoms with Crippen molar-refractivity contribution in [2.24, 2.45) is 0 Å². The van der Waals surface area contributed by atoms with E-state index in [0.29, 0.717) is 9.21 Å². The molecule has 10 heteroatoms. The second-order valence-corrected chi connectivity index (χ2v) is 7.89. The molecule has 0 radical (unpaired) electrons. The summed E-state index contributed by atoms with van der Waals surface area (Å²) in [4.78, 5) is 23.0. The Morgan fingerprint density at radius 1 is 1.21 bits per heavy atom. The first kappa shape index (κ1) is 18.5. The Labute approximate surface area is 146 Å². The van der Waals surface area contributed by atoms with Crippen molar-refractivity contribution in [1.82, 2.24) is 4.72 Å². The number of nitrogens with one attached hydrogen (secondary N) is 1. The lowest BCUT2D eigenvalue weighted by Gasteiger charge is -2.07. The standard InChI is InChI=1S/C14H11ClFNO5S2/c15-13-6-5-11(23-13)10(18)8-22-14(19)7-17-24(20,21)12-4-2-1-3-9(12)16/h1-6,17H,7-8H2. The van der Waals surface area contributed by atoms with Gasteiger partial charge in [0.1, 0.15) is 17.3 Å². The van der Waals surface area contributed by atoms with Crippen LogP contribution in [0.5, 0.6) is 0 Å². The summed E-state index contributed by atoms with van der Waals surface area (Å²) in [6.45, 7) is -1.27. The number of esters is 1. The van der Waals surface area contributed by atoms with Gasteiger partial charge in [0.15, 0.2) is 6.61 Å². The number of halogens is 2. The van der Waals surface area contributed by atoms with E-state index in [1.54, 1.807) is 0 Å². The van der Waals surface area contributed by atoms with Crippen LogP contribution in [0, 0.1) is 5.82 Å². The molecule has 0 fully saturated rings. The Bertz CT molecular complexity index is 866. The highest BCUT2D eigenvalue weighted by Gasteiger charge is 2.20. The highest BCUT2D eigenvalue weighted by atomic mass is 35.5. The number of carbonyl (C=O) groups excluding carboxylic acids is 2. The maximum atomic E-state index is 13.5. The third-order valence-electron chi connectivity index (χ3n) is 2.74. The van der Waals surface area contributed by atoms with E-state index in [4.69, 9.17) is 11.6 Å². The van der Waals surface area contributed by atoms with Crippen molar-refractivity contribution in [1.29, 1.82) is 0 Å². The first-order chi connectivity index (χ1) is 11.3. The third-order valence-corrected chi connectivity index (χ3v) is 5.45. The Balaban J connectivity index is 1.87. The smallest absolute Gasteiger partial charge is 0.321 e. The number of ether oxygens (including phenoxy) is 1. The van der Waals surface area contributed by atoms with E-state index < -0.39 is 45.6 Å². The van der Waals surface area contributed by atoms with E-state index in [0.717, 1.165) is 23.5 Å². The predicted molar refractivity (Wildman–Crippen MR) is 86.2 cm³/mol. The quantitative estimate of drug-likeness (QED) is 0.577. The summed E-state index contributed by atoms with van der Waals surface area (Å²) < 4.78 is 44.2. The summed E-state index contributed by atoms with van der Waals surface area (Å²) in [6.07, 6.45) is 0. The van der Waals surface area contributed by atoms with Crippen LogP contribution in [0.25, 0.3) is 0 Å². The van der Waals surface area contributed by atoms with Gasteiger partial charge in [-0.15, -0.1) is 11.3 Å². The number of Topliss-reactive ketones (excluding diaryl/α,β-unsaturated/α-hetero) is 1. The minimum absolute atomic E-state index is 0.319. The summed E-state index contributed by atoms with van der Waals surface area (Å²) >= 11 is 6.72. The van der Waals surface area contributed by atoms with Crippen molar-refractivity contribution in [2.45, 2.75) is 4.90 Å². The van der Waals surface area contributed by atoms with Crippen LogP contribution >= 0.6 is 22.9 Å². The van der Waals surface area contributed by atoms with Crippen molar-refractivity contribution in [2.75, 3.05) is 13.2 Å². The lowest BCUT2D eigenvalue weighted by Crippen LogP contribution is -2.32. The zero-order valence-electron chi connectivity index (χ0n) is 12.0. The highest BCUT2D eigenvalue weighted by Crippen LogP contribution is 2.21. The SMILES string of the molecule is O=C(CNS(=O)(=O)c1ccccc1F)OCC(=O)c1ccc(Cl)s1. The van der Waals surface area contributed by atoms with Gasteiger partial charge in [0, 0.05) is 0 Å². The molecule has 0 aliphatic rings. The van der Waals surface area contributed by atoms with E-state index in [1.165, 1.54) is 24.3 Å². The molecule has 2 rings (SSSR count). The highest BCUT2D eigenvalue weighted by molar-refractivity contribution is 7.89. The monoisotopic (exact) mass is 391 g/mol. The largest absolute Gasteiger partial charge is 0.456 e. The number of ketones is 1. The van der Waals surface area contributed by atoms with E-state index in [2.05, 4.69) is 4.74 Å². The van der Waals surface area contributed by atoms with Crippen molar-refractivity contribution in [3.05, 3.63) is 51.4 Å². The maximum absolute atomic E-state index is 13.5. The van der Waals surface area contributed by atoms with Gasteiger partial charge < -0.3 is 4.74 Å². The first-order valence-corrected chi connectivity index (χ1v) is 9.16. The molecular formula is C14H11ClFNO5S2. The van der Waals surface area contributed by atoms with Gasteiger partial charge in [-0.1, -0.05) is 23.7 Å². The molecule has 0 saturated carbocycles. The molecule has 6 nitrogen and oxygen atoms in total. The molecule has 1 aromatic heterocycles. The van der Waals surface area contributed by atoms with Gasteiger partial charge in [-0.3, -0.25) is 9.59 Å². The van der Waals surface area contributed by atoms with Crippen LogP contribution in [0.3, 0.4) is 0 Å². The lowest BCUT2D eigenvalue weighted by molar-refractivity contribution is -0.141. The number of carbonyl (C=O) groups is 2. The molecule has 0 amide bonds. The number of benzene rings is 1. The average Bonchev–Trinajstić information content (AvgIpc) is 2.97. The number of sulfonamides is 1. The average molecular weight is 392 g/mol. The van der Waals surface area contributed by atoms with Crippen LogP contribution in [0.2, 0.25) is 4.34 Å². The molecule has 0 unspecified atom stereocenters. The topological polar surface area (TPSA) is 89.5 Å². The molecular weight excluding hydrogens is 381 g/mol. The van der Waals surface area contributed by atoms with Gasteiger partial charge in [-0.25, -0.2) is 12.8 Å². The number of rotatable bonds is 7. The molecule has 0 spiro atoms. The summed E-state index contributed by atoms with van der Waals surface area (Å²) in [5, 5.41) is 0. The lowest BCUT2D eigenvalue weighted by atomic mass is 10.3. The Morgan fingerprint density at radius 2 is 1.92 bits per heavy atom. The molecule has 0 aliphatic carbocycles. The van der Waals surface area contributed by atoms with E-state index in [1.807, 2.05) is 4.72 Å². The van der Waals surface area contributed by atoms with E-state index >= 15 is 0 Å². The van der Waals surface area contributed by atoms with E-state index in [9.17, 15) is 22.4 Å². The fourth-order valence-electron chi connectivity index (χ4n) is 1.63. The molecule has 128 valence electrons. The molecule has 0 bridgehead atoms. The molecule has 24 heavy (non-hydrogen) atoms. The first-order valence-electron chi connectivity index (χ1n) is 6.48. The Kier molecular flexibility index (Phi) is 6.05. The predicted octanol–water partition coefficient (Wildman–Crippen LogP) is 2.25. The maximum Gasteiger partial charge on any atom is 0.321 e. The van der Waals surface area contributed by atoms with Gasteiger partial charge >= 0.3 is 5.97 Å². The summed E-state index contributed by atoms with van der Waals surface area (Å²) in [5.74, 6) is -2.37. The van der Waals surface area contributed by atoms with Crippen LogP contribution in [0.1, 0.15) is 9.67 Å². The number of hydrogen-bond acceptors (Lipinski definition) is 6. The van der Waals surface area contributed by atoms with Gasteiger partial charge in [0.25, 0.3) is 0 Å². The molecule has 0 atom stereocenters. The minimum atomic E-state index is -4.20. The van der Waals surface area contributed by atoms with Crippen molar-refractivity contribution in [3.63, 3.8) is 0 Å². The number of thiophene rings is 1. The molecule has 1 aromatic carbocycles. The molecule has 0 saturated heterocycles. The Hall–Kier alpha value is -1.81. The van der Waals surface area contributed by atoms with Crippen molar-refractivity contribution >= 4 is 44.7 Å². The van der Waals surface area contributed by atoms with E-state index in [-0.39, 0.29) is 0 Å². The fourth-order valence-corrected chi connectivity index (χ4v) is 3.64. The normalized spacial score (nSPS) is 11.2. The van der Waals surface area contributed by atoms with Gasteiger partial charge in [-0.05, 0) is 24.3 Å². The zero-order valence-corrected chi connectivity index (χ0v) is 14.4. The summed E-state index contributed by atoms with van der Waals surface area (Å²) in [5.41, 5.74) is 0. The molecule has 0 aliphatic heterocycles. The van der Waals surface area contributed by atoms with Gasteiger partial charge in [0.2, 0.25) is 15.8 Å². The zero-order chi connectivity index (χ0) is 17.7. The molecule has 2 aromatic rings. The second-order valence-electron chi connectivity index (χ2n) is 4.44. The second kappa shape index (κ2) is 7.84. The van der Waals surface area contributed by atoms with Crippen LogP contribution in [-0.4, -0.2) is 33.3 Å². The van der Waals surface area contributed by atoms with Crippen LogP contribution < -0.4 is 4.72 Å². The van der Waals surface area contributed by atoms with Crippen molar-refractivity contribution in [3.8, 4) is 0 Å².